The Balaban J connectivity index is 4.32. The van der Waals surface area contributed by atoms with Crippen LogP contribution in [0.5, 0.6) is 0 Å². The average Bonchev–Trinajstić information content (AvgIpc) is 2.12. The summed E-state index contributed by atoms with van der Waals surface area (Å²) in [4.78, 5) is 20.0. The second-order valence-electron chi connectivity index (χ2n) is 2.39. The molecule has 4 atom stereocenters. The maximum Gasteiger partial charge on any atom is 0.335 e. The summed E-state index contributed by atoms with van der Waals surface area (Å²) in [7, 11) is 0. The van der Waals surface area contributed by atoms with Gasteiger partial charge in [0.15, 0.2) is 12.4 Å². The molecule has 7 nitrogen and oxygen atoms in total. The molecule has 0 spiro atoms. The molecule has 0 unspecified atom stereocenters. The first-order valence-corrected chi connectivity index (χ1v) is 3.32. The van der Waals surface area contributed by atoms with Crippen molar-refractivity contribution in [2.45, 2.75) is 24.4 Å². The van der Waals surface area contributed by atoms with Crippen LogP contribution in [0.3, 0.4) is 0 Å². The Morgan fingerprint density at radius 2 is 1.54 bits per heavy atom. The second-order valence-corrected chi connectivity index (χ2v) is 2.39. The predicted octanol–water partition coefficient (Wildman–Crippen LogP) is -3.29. The van der Waals surface area contributed by atoms with Gasteiger partial charge in [-0.25, -0.2) is 4.79 Å². The summed E-state index contributed by atoms with van der Waals surface area (Å²) >= 11 is 0. The lowest BCUT2D eigenvalue weighted by molar-refractivity contribution is -0.163. The van der Waals surface area contributed by atoms with Crippen molar-refractivity contribution >= 4 is 12.3 Å². The van der Waals surface area contributed by atoms with Gasteiger partial charge in [-0.3, -0.25) is 0 Å². The molecule has 0 aromatic heterocycles. The van der Waals surface area contributed by atoms with E-state index >= 15 is 0 Å². The number of rotatable bonds is 5. The van der Waals surface area contributed by atoms with Crippen LogP contribution in [0.4, 0.5) is 0 Å². The summed E-state index contributed by atoms with van der Waals surface area (Å²) in [6.45, 7) is 0. The number of carboxylic acid groups (broad SMARTS) is 1. The normalized spacial score (nSPS) is 20.0. The number of aliphatic hydroxyl groups is 4. The Kier molecular flexibility index (Phi) is 4.49. The summed E-state index contributed by atoms with van der Waals surface area (Å²) in [6.07, 6.45) is -8.39. The Morgan fingerprint density at radius 1 is 1.08 bits per heavy atom. The van der Waals surface area contributed by atoms with Crippen LogP contribution in [0.15, 0.2) is 0 Å². The van der Waals surface area contributed by atoms with Crippen LogP contribution in [0.2, 0.25) is 0 Å². The third-order valence-corrected chi connectivity index (χ3v) is 1.42. The molecule has 13 heavy (non-hydrogen) atoms. The van der Waals surface area contributed by atoms with Gasteiger partial charge in [0.2, 0.25) is 0 Å². The summed E-state index contributed by atoms with van der Waals surface area (Å²) in [5.41, 5.74) is 0. The van der Waals surface area contributed by atoms with E-state index in [4.69, 9.17) is 25.5 Å². The van der Waals surface area contributed by atoms with Crippen molar-refractivity contribution in [2.24, 2.45) is 0 Å². The minimum atomic E-state index is -2.25. The van der Waals surface area contributed by atoms with Gasteiger partial charge in [0.25, 0.3) is 0 Å². The molecule has 0 saturated heterocycles. The molecule has 0 bridgehead atoms. The van der Waals surface area contributed by atoms with Crippen molar-refractivity contribution in [2.75, 3.05) is 0 Å². The summed E-state index contributed by atoms with van der Waals surface area (Å²) in [6, 6.07) is 0. The average molecular weight is 200 g/mol. The zero-order valence-corrected chi connectivity index (χ0v) is 6.44. The summed E-state index contributed by atoms with van der Waals surface area (Å²) in [5, 5.41) is 43.2. The fraction of sp³-hybridized carbons (Fsp3) is 0.667. The third-order valence-electron chi connectivity index (χ3n) is 1.42. The Morgan fingerprint density at radius 3 is 1.85 bits per heavy atom. The standard InChI is InChI=1S/C6H10O7/c7-1-2(8)3(9)4(10)5(11)6(12)13/h1-5,8-11H,(H,12,13)/t2-,3+,4-,5-/m0/s1/i1+1,2+1,3+1,4+1,5+1,6+1. The van der Waals surface area contributed by atoms with E-state index in [-0.39, 0.29) is 6.29 Å². The Hall–Kier alpha value is -1.02. The number of carboxylic acids is 1. The second kappa shape index (κ2) is 4.87. The number of carbonyl (C=O) groups is 2. The molecule has 7 heteroatoms. The zero-order chi connectivity index (χ0) is 10.6. The van der Waals surface area contributed by atoms with Crippen molar-refractivity contribution in [3.8, 4) is 0 Å². The fourth-order valence-corrected chi connectivity index (χ4v) is 0.615. The number of carbonyl (C=O) groups excluding carboxylic acids is 1. The first-order chi connectivity index (χ1) is 5.91. The van der Waals surface area contributed by atoms with E-state index in [1.54, 1.807) is 0 Å². The first kappa shape index (κ1) is 12.0. The highest BCUT2D eigenvalue weighted by Crippen LogP contribution is 2.03. The lowest BCUT2D eigenvalue weighted by Gasteiger charge is -2.21. The van der Waals surface area contributed by atoms with Gasteiger partial charge >= 0.3 is 5.97 Å². The number of hydrogen-bond donors (Lipinski definition) is 5. The monoisotopic (exact) mass is 200 g/mol. The van der Waals surface area contributed by atoms with Crippen LogP contribution in [0, 0.1) is 0 Å². The van der Waals surface area contributed by atoms with E-state index in [1.165, 1.54) is 0 Å². The highest BCUT2D eigenvalue weighted by molar-refractivity contribution is 5.73. The molecule has 0 aromatic rings. The van der Waals surface area contributed by atoms with Crippen LogP contribution in [0.25, 0.3) is 0 Å². The Bertz CT molecular complexity index is 191. The number of aldehydes is 1. The van der Waals surface area contributed by atoms with E-state index in [2.05, 4.69) is 0 Å². The minimum absolute atomic E-state index is 0.0809. The van der Waals surface area contributed by atoms with E-state index in [9.17, 15) is 9.59 Å². The van der Waals surface area contributed by atoms with Gasteiger partial charge in [-0.15, -0.1) is 0 Å². The molecule has 0 amide bonds. The SMILES string of the molecule is O=[13CH][13C@H](O)[13C@@H](O)[13C@H](O)[13C@H](O)[13C](=O)O. The lowest BCUT2D eigenvalue weighted by Crippen LogP contribution is -2.48. The van der Waals surface area contributed by atoms with Crippen LogP contribution in [0.1, 0.15) is 0 Å². The highest BCUT2D eigenvalue weighted by Gasteiger charge is 2.33. The van der Waals surface area contributed by atoms with Crippen LogP contribution in [-0.2, 0) is 9.59 Å². The molecular formula is C6H10O7. The molecule has 0 radical (unpaired) electrons. The summed E-state index contributed by atoms with van der Waals surface area (Å²) in [5.74, 6) is -1.76. The summed E-state index contributed by atoms with van der Waals surface area (Å²) < 4.78 is 0. The smallest absolute Gasteiger partial charge is 0.335 e. The van der Waals surface area contributed by atoms with Gasteiger partial charge in [0, 0.05) is 0 Å². The number of aliphatic hydroxyl groups excluding tert-OH is 4. The van der Waals surface area contributed by atoms with Gasteiger partial charge in [-0.2, -0.15) is 0 Å². The van der Waals surface area contributed by atoms with Crippen molar-refractivity contribution in [3.05, 3.63) is 0 Å². The fourth-order valence-electron chi connectivity index (χ4n) is 0.615. The number of hydrogen-bond acceptors (Lipinski definition) is 6. The van der Waals surface area contributed by atoms with Crippen LogP contribution in [-0.4, -0.2) is 62.2 Å². The maximum absolute atomic E-state index is 10.1. The van der Waals surface area contributed by atoms with Crippen LogP contribution < -0.4 is 0 Å². The van der Waals surface area contributed by atoms with Crippen LogP contribution >= 0.6 is 0 Å². The lowest BCUT2D eigenvalue weighted by atomic mass is 11.0. The molecule has 76 valence electrons. The van der Waals surface area contributed by atoms with Gasteiger partial charge < -0.3 is 30.3 Å². The number of aliphatic carboxylic acids is 1. The third kappa shape index (κ3) is 3.07. The van der Waals surface area contributed by atoms with Crippen molar-refractivity contribution < 1.29 is 35.1 Å². The van der Waals surface area contributed by atoms with Gasteiger partial charge in [-0.1, -0.05) is 0 Å². The maximum atomic E-state index is 10.1. The van der Waals surface area contributed by atoms with E-state index < -0.39 is 30.4 Å². The zero-order valence-electron chi connectivity index (χ0n) is 6.44. The molecular weight excluding hydrogens is 190 g/mol. The Labute approximate surface area is 72.9 Å². The van der Waals surface area contributed by atoms with Gasteiger partial charge in [0.1, 0.15) is 18.3 Å². The highest BCUT2D eigenvalue weighted by atomic mass is 16.6. The molecule has 0 aliphatic heterocycles. The molecule has 0 aliphatic rings. The molecule has 0 aromatic carbocycles. The molecule has 0 fully saturated rings. The van der Waals surface area contributed by atoms with E-state index in [0.717, 1.165) is 0 Å². The van der Waals surface area contributed by atoms with Crippen molar-refractivity contribution in [1.29, 1.82) is 0 Å². The molecule has 0 aliphatic carbocycles. The van der Waals surface area contributed by atoms with Crippen molar-refractivity contribution in [1.82, 2.24) is 0 Å². The van der Waals surface area contributed by atoms with Gasteiger partial charge in [-0.05, 0) is 0 Å². The van der Waals surface area contributed by atoms with E-state index in [0.29, 0.717) is 0 Å². The van der Waals surface area contributed by atoms with E-state index in [1.807, 2.05) is 0 Å². The van der Waals surface area contributed by atoms with Gasteiger partial charge in [0.05, 0.1) is 0 Å². The molecule has 0 saturated carbocycles. The quantitative estimate of drug-likeness (QED) is 0.232. The minimum Gasteiger partial charge on any atom is -0.479 e. The topological polar surface area (TPSA) is 135 Å². The molecule has 5 N–H and O–H groups in total. The van der Waals surface area contributed by atoms with Crippen molar-refractivity contribution in [3.63, 3.8) is 0 Å². The predicted molar refractivity (Wildman–Crippen MR) is 37.7 cm³/mol. The molecule has 0 rings (SSSR count). The molecule has 0 heterocycles. The first-order valence-electron chi connectivity index (χ1n) is 3.32. The largest absolute Gasteiger partial charge is 0.479 e.